The topological polar surface area (TPSA) is 52.8 Å². The molecule has 0 saturated carbocycles. The monoisotopic (exact) mass is 276 g/mol. The van der Waals surface area contributed by atoms with Crippen molar-refractivity contribution >= 4 is 11.8 Å². The molecule has 0 atom stereocenters. The van der Waals surface area contributed by atoms with Crippen LogP contribution in [-0.4, -0.2) is 39.2 Å². The van der Waals surface area contributed by atoms with Crippen LogP contribution in [0.15, 0.2) is 42.3 Å². The molecule has 0 aliphatic heterocycles. The maximum Gasteiger partial charge on any atom is 0.191 e. The summed E-state index contributed by atoms with van der Waals surface area (Å²) in [5.41, 5.74) is 1.00. The summed E-state index contributed by atoms with van der Waals surface area (Å²) < 4.78 is 7.21. The Labute approximate surface area is 116 Å². The number of methoxy groups -OCH3 is 1. The Hall–Kier alpha value is -1.66. The van der Waals surface area contributed by atoms with Gasteiger partial charge in [-0.1, -0.05) is 17.8 Å². The predicted molar refractivity (Wildman–Crippen MR) is 76.1 cm³/mol. The molecule has 2 aromatic rings. The molecule has 2 rings (SSSR count). The van der Waals surface area contributed by atoms with Gasteiger partial charge in [-0.15, -0.1) is 16.8 Å². The molecule has 0 spiro atoms. The van der Waals surface area contributed by atoms with Crippen LogP contribution < -0.4 is 0 Å². The summed E-state index contributed by atoms with van der Waals surface area (Å²) in [4.78, 5) is 4.02. The van der Waals surface area contributed by atoms with E-state index in [1.54, 1.807) is 31.3 Å². The highest BCUT2D eigenvalue weighted by Gasteiger charge is 2.13. The second-order valence-corrected chi connectivity index (χ2v) is 4.77. The van der Waals surface area contributed by atoms with Gasteiger partial charge in [0.2, 0.25) is 0 Å². The molecule has 0 bridgehead atoms. The lowest BCUT2D eigenvalue weighted by atomic mass is 10.2. The van der Waals surface area contributed by atoms with E-state index in [0.29, 0.717) is 6.61 Å². The first-order valence-corrected chi connectivity index (χ1v) is 6.91. The summed E-state index contributed by atoms with van der Waals surface area (Å²) in [6.07, 6.45) is 5.36. The SMILES string of the molecule is C=CCSc1nnc(-c2ccncc2)n1CCOC. The van der Waals surface area contributed by atoms with Crippen LogP contribution in [0.4, 0.5) is 0 Å². The second-order valence-electron chi connectivity index (χ2n) is 3.79. The maximum atomic E-state index is 5.15. The van der Waals surface area contributed by atoms with Crippen LogP contribution in [0, 0.1) is 0 Å². The van der Waals surface area contributed by atoms with Crippen molar-refractivity contribution in [3.8, 4) is 11.4 Å². The minimum Gasteiger partial charge on any atom is -0.383 e. The molecular formula is C13H16N4OS. The average molecular weight is 276 g/mol. The van der Waals surface area contributed by atoms with Gasteiger partial charge < -0.3 is 4.74 Å². The number of hydrogen-bond acceptors (Lipinski definition) is 5. The fourth-order valence-corrected chi connectivity index (χ4v) is 2.33. The lowest BCUT2D eigenvalue weighted by Gasteiger charge is -2.08. The number of ether oxygens (including phenoxy) is 1. The summed E-state index contributed by atoms with van der Waals surface area (Å²) in [5.74, 6) is 1.65. The lowest BCUT2D eigenvalue weighted by molar-refractivity contribution is 0.185. The second kappa shape index (κ2) is 7.06. The largest absolute Gasteiger partial charge is 0.383 e. The van der Waals surface area contributed by atoms with Gasteiger partial charge in [0.15, 0.2) is 11.0 Å². The number of hydrogen-bond donors (Lipinski definition) is 0. The van der Waals surface area contributed by atoms with Crippen LogP contribution in [0.5, 0.6) is 0 Å². The van der Waals surface area contributed by atoms with Gasteiger partial charge >= 0.3 is 0 Å². The number of thioether (sulfide) groups is 1. The zero-order chi connectivity index (χ0) is 13.5. The molecule has 5 nitrogen and oxygen atoms in total. The van der Waals surface area contributed by atoms with Crippen LogP contribution in [0.1, 0.15) is 0 Å². The Morgan fingerprint density at radius 3 is 2.84 bits per heavy atom. The minimum absolute atomic E-state index is 0.623. The summed E-state index contributed by atoms with van der Waals surface area (Å²) >= 11 is 1.61. The summed E-state index contributed by atoms with van der Waals surface area (Å²) in [7, 11) is 1.69. The normalized spacial score (nSPS) is 10.6. The van der Waals surface area contributed by atoms with Crippen LogP contribution in [0.2, 0.25) is 0 Å². The van der Waals surface area contributed by atoms with E-state index in [2.05, 4.69) is 26.3 Å². The van der Waals surface area contributed by atoms with Crippen molar-refractivity contribution in [2.24, 2.45) is 0 Å². The molecule has 19 heavy (non-hydrogen) atoms. The first-order valence-electron chi connectivity index (χ1n) is 5.93. The van der Waals surface area contributed by atoms with Crippen molar-refractivity contribution in [3.63, 3.8) is 0 Å². The zero-order valence-electron chi connectivity index (χ0n) is 10.8. The first-order chi connectivity index (χ1) is 9.36. The van der Waals surface area contributed by atoms with Gasteiger partial charge in [0, 0.05) is 30.8 Å². The van der Waals surface area contributed by atoms with E-state index >= 15 is 0 Å². The third-order valence-corrected chi connectivity index (χ3v) is 3.47. The van der Waals surface area contributed by atoms with Crippen molar-refractivity contribution in [1.82, 2.24) is 19.7 Å². The molecule has 0 aliphatic carbocycles. The van der Waals surface area contributed by atoms with E-state index in [9.17, 15) is 0 Å². The number of pyridine rings is 1. The average Bonchev–Trinajstić information content (AvgIpc) is 2.86. The molecule has 0 N–H and O–H groups in total. The van der Waals surface area contributed by atoms with Crippen LogP contribution in [0.25, 0.3) is 11.4 Å². The highest BCUT2D eigenvalue weighted by Crippen LogP contribution is 2.23. The van der Waals surface area contributed by atoms with E-state index in [-0.39, 0.29) is 0 Å². The molecule has 0 radical (unpaired) electrons. The molecular weight excluding hydrogens is 260 g/mol. The Kier molecular flexibility index (Phi) is 5.11. The molecule has 0 aromatic carbocycles. The van der Waals surface area contributed by atoms with Gasteiger partial charge in [-0.3, -0.25) is 9.55 Å². The summed E-state index contributed by atoms with van der Waals surface area (Å²) in [6, 6.07) is 3.85. The number of nitrogens with zero attached hydrogens (tertiary/aromatic N) is 4. The third-order valence-electron chi connectivity index (χ3n) is 2.50. The first kappa shape index (κ1) is 13.8. The van der Waals surface area contributed by atoms with E-state index in [1.807, 2.05) is 18.2 Å². The molecule has 0 unspecified atom stereocenters. The number of aromatic nitrogens is 4. The van der Waals surface area contributed by atoms with Gasteiger partial charge in [-0.25, -0.2) is 0 Å². The quantitative estimate of drug-likeness (QED) is 0.573. The highest BCUT2D eigenvalue weighted by molar-refractivity contribution is 7.99. The molecule has 6 heteroatoms. The van der Waals surface area contributed by atoms with Gasteiger partial charge in [-0.2, -0.15) is 0 Å². The van der Waals surface area contributed by atoms with Crippen LogP contribution in [0.3, 0.4) is 0 Å². The fraction of sp³-hybridized carbons (Fsp3) is 0.308. The van der Waals surface area contributed by atoms with Crippen molar-refractivity contribution in [3.05, 3.63) is 37.2 Å². The summed E-state index contributed by atoms with van der Waals surface area (Å²) in [6.45, 7) is 5.07. The van der Waals surface area contributed by atoms with Crippen LogP contribution >= 0.6 is 11.8 Å². The van der Waals surface area contributed by atoms with E-state index in [4.69, 9.17) is 4.74 Å². The Morgan fingerprint density at radius 1 is 1.37 bits per heavy atom. The predicted octanol–water partition coefficient (Wildman–Crippen LogP) is 2.26. The van der Waals surface area contributed by atoms with Gasteiger partial charge in [0.05, 0.1) is 13.2 Å². The Morgan fingerprint density at radius 2 is 2.16 bits per heavy atom. The van der Waals surface area contributed by atoms with Crippen molar-refractivity contribution in [2.75, 3.05) is 19.5 Å². The van der Waals surface area contributed by atoms with Crippen molar-refractivity contribution < 1.29 is 4.74 Å². The lowest BCUT2D eigenvalue weighted by Crippen LogP contribution is -2.07. The molecule has 0 saturated heterocycles. The summed E-state index contributed by atoms with van der Waals surface area (Å²) in [5, 5.41) is 9.38. The number of rotatable bonds is 7. The molecule has 2 aromatic heterocycles. The van der Waals surface area contributed by atoms with Crippen molar-refractivity contribution in [1.29, 1.82) is 0 Å². The standard InChI is InChI=1S/C13H16N4OS/c1-3-10-19-13-16-15-12(17(13)8-9-18-2)11-4-6-14-7-5-11/h3-7H,1,8-10H2,2H3. The van der Waals surface area contributed by atoms with Crippen LogP contribution in [-0.2, 0) is 11.3 Å². The van der Waals surface area contributed by atoms with Crippen molar-refractivity contribution in [2.45, 2.75) is 11.7 Å². The molecule has 2 heterocycles. The van der Waals surface area contributed by atoms with E-state index in [1.165, 1.54) is 0 Å². The highest BCUT2D eigenvalue weighted by atomic mass is 32.2. The maximum absolute atomic E-state index is 5.15. The zero-order valence-corrected chi connectivity index (χ0v) is 11.6. The van der Waals surface area contributed by atoms with E-state index < -0.39 is 0 Å². The molecule has 0 amide bonds. The van der Waals surface area contributed by atoms with Gasteiger partial charge in [0.1, 0.15) is 0 Å². The molecule has 100 valence electrons. The minimum atomic E-state index is 0.623. The molecule has 0 aliphatic rings. The fourth-order valence-electron chi connectivity index (χ4n) is 1.63. The van der Waals surface area contributed by atoms with Gasteiger partial charge in [-0.05, 0) is 12.1 Å². The smallest absolute Gasteiger partial charge is 0.191 e. The Balaban J connectivity index is 2.31. The van der Waals surface area contributed by atoms with Gasteiger partial charge in [0.25, 0.3) is 0 Å². The molecule has 0 fully saturated rings. The Bertz CT molecular complexity index is 527. The van der Waals surface area contributed by atoms with E-state index in [0.717, 1.165) is 28.8 Å². The third kappa shape index (κ3) is 3.42.